The molecule has 0 saturated heterocycles. The molecule has 0 rings (SSSR count). The van der Waals surface area contributed by atoms with E-state index >= 15 is 0 Å². The molecular formula is C16H37NO4S. The third-order valence-corrected chi connectivity index (χ3v) is 4.84. The van der Waals surface area contributed by atoms with Gasteiger partial charge in [-0.25, -0.2) is 0 Å². The normalized spacial score (nSPS) is 12.2. The quantitative estimate of drug-likeness (QED) is 0.297. The van der Waals surface area contributed by atoms with Crippen molar-refractivity contribution in [2.75, 3.05) is 32.9 Å². The maximum Gasteiger partial charge on any atom is 0.265 e. The second-order valence-corrected chi connectivity index (χ2v) is 8.42. The summed E-state index contributed by atoms with van der Waals surface area (Å²) in [6.45, 7) is 4.13. The third-order valence-electron chi connectivity index (χ3n) is 4.03. The minimum absolute atomic E-state index is 0. The Hall–Kier alpha value is -0.170. The highest BCUT2D eigenvalue weighted by Crippen LogP contribution is 2.11. The summed E-state index contributed by atoms with van der Waals surface area (Å²) in [6, 6.07) is 0. The summed E-state index contributed by atoms with van der Waals surface area (Å²) in [5.74, 6) is -0.119. The molecule has 0 aliphatic rings. The molecule has 0 saturated carbocycles. The van der Waals surface area contributed by atoms with Crippen LogP contribution in [0.15, 0.2) is 0 Å². The van der Waals surface area contributed by atoms with Crippen LogP contribution >= 0.6 is 0 Å². The molecule has 0 aromatic heterocycles. The van der Waals surface area contributed by atoms with E-state index in [1.54, 1.807) is 0 Å². The van der Waals surface area contributed by atoms with Crippen LogP contribution in [0, 0.1) is 0 Å². The van der Waals surface area contributed by atoms with Crippen molar-refractivity contribution in [2.45, 2.75) is 71.1 Å². The van der Waals surface area contributed by atoms with E-state index in [4.69, 9.17) is 4.55 Å². The van der Waals surface area contributed by atoms with Crippen molar-refractivity contribution >= 4 is 10.1 Å². The number of hydrogen-bond acceptors (Lipinski definition) is 3. The van der Waals surface area contributed by atoms with Crippen molar-refractivity contribution in [1.82, 2.24) is 0 Å². The lowest BCUT2D eigenvalue weighted by Gasteiger charge is -2.29. The van der Waals surface area contributed by atoms with Crippen LogP contribution in [0.1, 0.15) is 71.1 Å². The highest BCUT2D eigenvalue weighted by atomic mass is 32.2. The number of quaternary nitrogens is 1. The van der Waals surface area contributed by atoms with Gasteiger partial charge in [-0.3, -0.25) is 4.55 Å². The minimum Gasteiger partial charge on any atom is -0.870 e. The SMILES string of the molecule is CCCCCCCCCCC[N+](C)(C)CCCS(=O)(=O)O.[OH-]. The first-order valence-corrected chi connectivity index (χ1v) is 10.1. The molecule has 0 bridgehead atoms. The Kier molecular flexibility index (Phi) is 14.5. The van der Waals surface area contributed by atoms with Gasteiger partial charge in [0.1, 0.15) is 0 Å². The molecular weight excluding hydrogens is 302 g/mol. The molecule has 0 aromatic carbocycles. The Bertz CT molecular complexity index is 342. The maximum absolute atomic E-state index is 10.7. The zero-order chi connectivity index (χ0) is 16.2. The van der Waals surface area contributed by atoms with Gasteiger partial charge < -0.3 is 9.96 Å². The summed E-state index contributed by atoms with van der Waals surface area (Å²) in [7, 11) is 0.469. The lowest BCUT2D eigenvalue weighted by Crippen LogP contribution is -2.41. The van der Waals surface area contributed by atoms with Crippen LogP contribution in [-0.4, -0.2) is 55.9 Å². The van der Waals surface area contributed by atoms with Crippen molar-refractivity contribution < 1.29 is 22.9 Å². The van der Waals surface area contributed by atoms with Crippen molar-refractivity contribution in [3.8, 4) is 0 Å². The molecule has 0 fully saturated rings. The van der Waals surface area contributed by atoms with Gasteiger partial charge in [0, 0.05) is 6.42 Å². The van der Waals surface area contributed by atoms with Crippen molar-refractivity contribution in [3.63, 3.8) is 0 Å². The van der Waals surface area contributed by atoms with Crippen LogP contribution in [0.3, 0.4) is 0 Å². The monoisotopic (exact) mass is 339 g/mol. The van der Waals surface area contributed by atoms with Gasteiger partial charge in [-0.1, -0.05) is 51.9 Å². The lowest BCUT2D eigenvalue weighted by atomic mass is 10.1. The van der Waals surface area contributed by atoms with Crippen LogP contribution in [0.2, 0.25) is 0 Å². The fourth-order valence-electron chi connectivity index (χ4n) is 2.64. The van der Waals surface area contributed by atoms with Gasteiger partial charge in [-0.15, -0.1) is 0 Å². The molecule has 0 unspecified atom stereocenters. The van der Waals surface area contributed by atoms with E-state index in [0.717, 1.165) is 17.6 Å². The van der Waals surface area contributed by atoms with E-state index < -0.39 is 10.1 Å². The van der Waals surface area contributed by atoms with Gasteiger partial charge in [-0.05, 0) is 12.8 Å². The van der Waals surface area contributed by atoms with Crippen LogP contribution in [0.4, 0.5) is 0 Å². The molecule has 0 aromatic rings. The van der Waals surface area contributed by atoms with Crippen LogP contribution < -0.4 is 0 Å². The maximum atomic E-state index is 10.7. The fourth-order valence-corrected chi connectivity index (χ4v) is 3.13. The average Bonchev–Trinajstić information content (AvgIpc) is 2.35. The molecule has 2 N–H and O–H groups in total. The predicted octanol–water partition coefficient (Wildman–Crippen LogP) is 3.69. The van der Waals surface area contributed by atoms with Crippen LogP contribution in [-0.2, 0) is 10.1 Å². The Morgan fingerprint density at radius 2 is 1.18 bits per heavy atom. The predicted molar refractivity (Wildman–Crippen MR) is 92.0 cm³/mol. The smallest absolute Gasteiger partial charge is 0.265 e. The second kappa shape index (κ2) is 13.3. The summed E-state index contributed by atoms with van der Waals surface area (Å²) in [4.78, 5) is 0. The van der Waals surface area contributed by atoms with E-state index in [-0.39, 0.29) is 11.2 Å². The zero-order valence-corrected chi connectivity index (χ0v) is 15.6. The number of hydrogen-bond donors (Lipinski definition) is 1. The molecule has 6 heteroatoms. The molecule has 22 heavy (non-hydrogen) atoms. The van der Waals surface area contributed by atoms with E-state index in [0.29, 0.717) is 6.42 Å². The summed E-state index contributed by atoms with van der Waals surface area (Å²) in [6.07, 6.45) is 12.5. The lowest BCUT2D eigenvalue weighted by molar-refractivity contribution is -0.890. The van der Waals surface area contributed by atoms with Gasteiger partial charge in [0.25, 0.3) is 10.1 Å². The van der Waals surface area contributed by atoms with Gasteiger partial charge in [0.05, 0.1) is 32.9 Å². The molecule has 0 amide bonds. The van der Waals surface area contributed by atoms with Gasteiger partial charge in [0.2, 0.25) is 0 Å². The largest absolute Gasteiger partial charge is 0.870 e. The number of unbranched alkanes of at least 4 members (excludes halogenated alkanes) is 8. The molecule has 5 nitrogen and oxygen atoms in total. The average molecular weight is 340 g/mol. The standard InChI is InChI=1S/C16H35NO3S.H2O/c1-4-5-6-7-8-9-10-11-12-14-17(2,3)15-13-16-21(18,19)20;/h4-16H2,1-3H3;1H2. The first kappa shape index (κ1) is 24.1. The zero-order valence-electron chi connectivity index (χ0n) is 14.8. The van der Waals surface area contributed by atoms with Crippen molar-refractivity contribution in [3.05, 3.63) is 0 Å². The van der Waals surface area contributed by atoms with Gasteiger partial charge in [-0.2, -0.15) is 8.42 Å². The third kappa shape index (κ3) is 17.9. The summed E-state index contributed by atoms with van der Waals surface area (Å²) >= 11 is 0. The second-order valence-electron chi connectivity index (χ2n) is 6.85. The van der Waals surface area contributed by atoms with Crippen LogP contribution in [0.5, 0.6) is 0 Å². The highest BCUT2D eigenvalue weighted by molar-refractivity contribution is 7.85. The van der Waals surface area contributed by atoms with E-state index in [2.05, 4.69) is 21.0 Å². The van der Waals surface area contributed by atoms with E-state index in [9.17, 15) is 8.42 Å². The van der Waals surface area contributed by atoms with E-state index in [1.807, 2.05) is 0 Å². The molecule has 0 radical (unpaired) electrons. The fraction of sp³-hybridized carbons (Fsp3) is 1.00. The molecule has 0 atom stereocenters. The first-order valence-electron chi connectivity index (χ1n) is 8.54. The Labute approximate surface area is 137 Å². The summed E-state index contributed by atoms with van der Waals surface area (Å²) in [5, 5.41) is 0. The minimum atomic E-state index is -3.80. The molecule has 0 spiro atoms. The molecule has 0 aliphatic carbocycles. The number of rotatable bonds is 14. The van der Waals surface area contributed by atoms with Gasteiger partial charge >= 0.3 is 0 Å². The molecule has 0 aliphatic heterocycles. The van der Waals surface area contributed by atoms with Crippen molar-refractivity contribution in [1.29, 1.82) is 0 Å². The van der Waals surface area contributed by atoms with Crippen molar-refractivity contribution in [2.24, 2.45) is 0 Å². The first-order chi connectivity index (χ1) is 9.77. The van der Waals surface area contributed by atoms with Crippen LogP contribution in [0.25, 0.3) is 0 Å². The Morgan fingerprint density at radius 1 is 0.773 bits per heavy atom. The van der Waals surface area contributed by atoms with E-state index in [1.165, 1.54) is 57.8 Å². The summed E-state index contributed by atoms with van der Waals surface area (Å²) in [5.41, 5.74) is 0. The Morgan fingerprint density at radius 3 is 1.64 bits per heavy atom. The topological polar surface area (TPSA) is 84.4 Å². The summed E-state index contributed by atoms with van der Waals surface area (Å²) < 4.78 is 31.0. The van der Waals surface area contributed by atoms with Gasteiger partial charge in [0.15, 0.2) is 0 Å². The highest BCUT2D eigenvalue weighted by Gasteiger charge is 2.15. The number of nitrogens with zero attached hydrogens (tertiary/aromatic N) is 1. The Balaban J connectivity index is 0. The molecule has 136 valence electrons. The molecule has 0 heterocycles.